The zero-order valence-corrected chi connectivity index (χ0v) is 10.1. The van der Waals surface area contributed by atoms with Gasteiger partial charge in [-0.05, 0) is 17.7 Å². The Hall–Kier alpha value is -2.16. The Morgan fingerprint density at radius 1 is 1.06 bits per heavy atom. The van der Waals surface area contributed by atoms with E-state index in [2.05, 4.69) is 39.6 Å². The highest BCUT2D eigenvalue weighted by atomic mass is 15.1. The first-order valence-electron chi connectivity index (χ1n) is 6.20. The van der Waals surface area contributed by atoms with E-state index >= 15 is 0 Å². The van der Waals surface area contributed by atoms with Crippen molar-refractivity contribution in [2.24, 2.45) is 4.99 Å². The fourth-order valence-corrected chi connectivity index (χ4v) is 2.19. The Kier molecular flexibility index (Phi) is 3.05. The van der Waals surface area contributed by atoms with Crippen molar-refractivity contribution in [2.45, 2.75) is 6.42 Å². The molecule has 90 valence electrons. The van der Waals surface area contributed by atoms with Crippen molar-refractivity contribution in [3.8, 4) is 11.3 Å². The zero-order valence-electron chi connectivity index (χ0n) is 10.1. The summed E-state index contributed by atoms with van der Waals surface area (Å²) >= 11 is 0. The molecule has 0 amide bonds. The van der Waals surface area contributed by atoms with Gasteiger partial charge in [0.15, 0.2) is 0 Å². The normalized spacial score (nSPS) is 14.1. The summed E-state index contributed by atoms with van der Waals surface area (Å²) in [6, 6.07) is 14.4. The quantitative estimate of drug-likeness (QED) is 0.889. The van der Waals surface area contributed by atoms with Crippen LogP contribution in [0.4, 0.5) is 0 Å². The van der Waals surface area contributed by atoms with Crippen LogP contribution in [0.2, 0.25) is 0 Å². The molecule has 0 unspecified atom stereocenters. The van der Waals surface area contributed by atoms with E-state index in [1.165, 1.54) is 11.1 Å². The number of hydrogen-bond acceptors (Lipinski definition) is 3. The number of pyridine rings is 1. The number of nitrogens with zero attached hydrogens (tertiary/aromatic N) is 2. The molecule has 1 N–H and O–H groups in total. The molecule has 0 atom stereocenters. The number of aliphatic imine (C=N–C) groups is 1. The van der Waals surface area contributed by atoms with Crippen LogP contribution in [0.1, 0.15) is 5.56 Å². The van der Waals surface area contributed by atoms with Crippen LogP contribution >= 0.6 is 0 Å². The third kappa shape index (κ3) is 2.25. The summed E-state index contributed by atoms with van der Waals surface area (Å²) in [5.74, 6) is 1.08. The maximum atomic E-state index is 4.45. The second kappa shape index (κ2) is 5.00. The fourth-order valence-electron chi connectivity index (χ4n) is 2.19. The van der Waals surface area contributed by atoms with Gasteiger partial charge in [-0.25, -0.2) is 0 Å². The molecule has 0 saturated heterocycles. The number of nitrogens with one attached hydrogen (secondary N) is 1. The van der Waals surface area contributed by atoms with E-state index in [0.717, 1.165) is 31.0 Å². The maximum absolute atomic E-state index is 4.45. The van der Waals surface area contributed by atoms with Crippen molar-refractivity contribution in [1.82, 2.24) is 10.3 Å². The summed E-state index contributed by atoms with van der Waals surface area (Å²) in [5.41, 5.74) is 3.48. The molecular weight excluding hydrogens is 222 g/mol. The molecule has 1 aromatic heterocycles. The SMILES string of the molecule is c1ccc(-c2ccccc2CC2=NCCN2)nc1. The number of benzene rings is 1. The third-order valence-corrected chi connectivity index (χ3v) is 3.06. The molecule has 1 aliphatic rings. The first-order valence-corrected chi connectivity index (χ1v) is 6.20. The van der Waals surface area contributed by atoms with Gasteiger partial charge in [0.1, 0.15) is 5.84 Å². The van der Waals surface area contributed by atoms with Crippen molar-refractivity contribution < 1.29 is 0 Å². The molecule has 0 aliphatic carbocycles. The molecule has 1 aromatic carbocycles. The van der Waals surface area contributed by atoms with E-state index in [4.69, 9.17) is 0 Å². The lowest BCUT2D eigenvalue weighted by molar-refractivity contribution is 0.953. The minimum absolute atomic E-state index is 0.854. The van der Waals surface area contributed by atoms with Gasteiger partial charge in [-0.2, -0.15) is 0 Å². The second-order valence-corrected chi connectivity index (χ2v) is 4.30. The molecule has 3 rings (SSSR count). The van der Waals surface area contributed by atoms with Crippen LogP contribution in [0.25, 0.3) is 11.3 Å². The first-order chi connectivity index (χ1) is 8.93. The summed E-state index contributed by atoms with van der Waals surface area (Å²) in [7, 11) is 0. The van der Waals surface area contributed by atoms with Crippen LogP contribution in [0.15, 0.2) is 53.7 Å². The summed E-state index contributed by atoms with van der Waals surface area (Å²) in [5, 5.41) is 3.31. The molecule has 0 bridgehead atoms. The summed E-state index contributed by atoms with van der Waals surface area (Å²) in [4.78, 5) is 8.87. The average Bonchev–Trinajstić information content (AvgIpc) is 2.93. The number of aromatic nitrogens is 1. The average molecular weight is 237 g/mol. The lowest BCUT2D eigenvalue weighted by atomic mass is 10.0. The standard InChI is InChI=1S/C15H15N3/c1-2-6-13(14-7-3-4-8-16-14)12(5-1)11-15-17-9-10-18-15/h1-8H,9-11H2,(H,17,18). The highest BCUT2D eigenvalue weighted by molar-refractivity contribution is 5.87. The van der Waals surface area contributed by atoms with Crippen LogP contribution < -0.4 is 5.32 Å². The van der Waals surface area contributed by atoms with Crippen molar-refractivity contribution in [3.05, 3.63) is 54.2 Å². The monoisotopic (exact) mass is 237 g/mol. The molecule has 2 heterocycles. The van der Waals surface area contributed by atoms with Crippen molar-refractivity contribution in [1.29, 1.82) is 0 Å². The number of amidine groups is 1. The minimum Gasteiger partial charge on any atom is -0.372 e. The molecule has 3 heteroatoms. The van der Waals surface area contributed by atoms with Crippen molar-refractivity contribution in [3.63, 3.8) is 0 Å². The molecule has 0 fully saturated rings. The second-order valence-electron chi connectivity index (χ2n) is 4.30. The minimum atomic E-state index is 0.854. The van der Waals surface area contributed by atoms with E-state index in [9.17, 15) is 0 Å². The predicted octanol–water partition coefficient (Wildman–Crippen LogP) is 2.29. The van der Waals surface area contributed by atoms with Crippen LogP contribution in [-0.4, -0.2) is 23.9 Å². The molecule has 0 spiro atoms. The van der Waals surface area contributed by atoms with Crippen LogP contribution in [0.3, 0.4) is 0 Å². The van der Waals surface area contributed by atoms with Gasteiger partial charge in [0.2, 0.25) is 0 Å². The Labute approximate surface area is 107 Å². The van der Waals surface area contributed by atoms with E-state index in [1.54, 1.807) is 0 Å². The molecule has 2 aromatic rings. The Morgan fingerprint density at radius 2 is 1.94 bits per heavy atom. The van der Waals surface area contributed by atoms with E-state index < -0.39 is 0 Å². The molecule has 0 radical (unpaired) electrons. The fraction of sp³-hybridized carbons (Fsp3) is 0.200. The van der Waals surface area contributed by atoms with Crippen LogP contribution in [0, 0.1) is 0 Å². The van der Waals surface area contributed by atoms with Gasteiger partial charge < -0.3 is 5.32 Å². The summed E-state index contributed by atoms with van der Waals surface area (Å²) < 4.78 is 0. The van der Waals surface area contributed by atoms with Gasteiger partial charge in [-0.1, -0.05) is 30.3 Å². The first kappa shape index (κ1) is 11.0. The van der Waals surface area contributed by atoms with Gasteiger partial charge in [-0.3, -0.25) is 9.98 Å². The molecule has 1 aliphatic heterocycles. The maximum Gasteiger partial charge on any atom is 0.101 e. The van der Waals surface area contributed by atoms with Gasteiger partial charge in [-0.15, -0.1) is 0 Å². The van der Waals surface area contributed by atoms with Crippen LogP contribution in [-0.2, 0) is 6.42 Å². The van der Waals surface area contributed by atoms with Gasteiger partial charge in [0, 0.05) is 24.7 Å². The number of hydrogen-bond donors (Lipinski definition) is 1. The lowest BCUT2D eigenvalue weighted by Gasteiger charge is -2.09. The van der Waals surface area contributed by atoms with Crippen molar-refractivity contribution >= 4 is 5.84 Å². The molecule has 0 saturated carbocycles. The van der Waals surface area contributed by atoms with E-state index in [-0.39, 0.29) is 0 Å². The third-order valence-electron chi connectivity index (χ3n) is 3.06. The lowest BCUT2D eigenvalue weighted by Crippen LogP contribution is -2.20. The summed E-state index contributed by atoms with van der Waals surface area (Å²) in [6.45, 7) is 1.85. The highest BCUT2D eigenvalue weighted by Crippen LogP contribution is 2.22. The zero-order chi connectivity index (χ0) is 12.2. The van der Waals surface area contributed by atoms with Gasteiger partial charge in [0.25, 0.3) is 0 Å². The topological polar surface area (TPSA) is 37.3 Å². The van der Waals surface area contributed by atoms with E-state index in [1.807, 2.05) is 24.4 Å². The Balaban J connectivity index is 1.95. The van der Waals surface area contributed by atoms with Crippen molar-refractivity contribution in [2.75, 3.05) is 13.1 Å². The predicted molar refractivity (Wildman–Crippen MR) is 73.7 cm³/mol. The highest BCUT2D eigenvalue weighted by Gasteiger charge is 2.10. The largest absolute Gasteiger partial charge is 0.372 e. The Bertz CT molecular complexity index is 561. The summed E-state index contributed by atoms with van der Waals surface area (Å²) in [6.07, 6.45) is 2.68. The van der Waals surface area contributed by atoms with Crippen LogP contribution in [0.5, 0.6) is 0 Å². The molecule has 18 heavy (non-hydrogen) atoms. The Morgan fingerprint density at radius 3 is 2.72 bits per heavy atom. The smallest absolute Gasteiger partial charge is 0.101 e. The molecule has 3 nitrogen and oxygen atoms in total. The van der Waals surface area contributed by atoms with Gasteiger partial charge in [0.05, 0.1) is 12.2 Å². The number of rotatable bonds is 3. The van der Waals surface area contributed by atoms with E-state index in [0.29, 0.717) is 0 Å². The molecular formula is C15H15N3. The van der Waals surface area contributed by atoms with Gasteiger partial charge >= 0.3 is 0 Å².